The van der Waals surface area contributed by atoms with Crippen LogP contribution in [0.25, 0.3) is 0 Å². The fourth-order valence-corrected chi connectivity index (χ4v) is 4.47. The van der Waals surface area contributed by atoms with Crippen LogP contribution < -0.4 is 53.7 Å². The van der Waals surface area contributed by atoms with Crippen molar-refractivity contribution in [1.82, 2.24) is 26.6 Å². The number of guanidine groups is 1. The number of nitrogens with one attached hydrogen (secondary N) is 7. The second kappa shape index (κ2) is 15.2. The molecule has 0 aromatic heterocycles. The highest BCUT2D eigenvalue weighted by molar-refractivity contribution is 7.64. The van der Waals surface area contributed by atoms with Gasteiger partial charge in [0.15, 0.2) is 0 Å². The summed E-state index contributed by atoms with van der Waals surface area (Å²) in [6, 6.07) is 3.88. The summed E-state index contributed by atoms with van der Waals surface area (Å²) in [5.74, 6) is -3.59. The Morgan fingerprint density at radius 3 is 2.00 bits per heavy atom. The zero-order chi connectivity index (χ0) is 28.9. The van der Waals surface area contributed by atoms with Gasteiger partial charge in [0.25, 0.3) is 5.91 Å². The second-order valence-corrected chi connectivity index (χ2v) is 11.0. The van der Waals surface area contributed by atoms with E-state index >= 15 is 0 Å². The summed E-state index contributed by atoms with van der Waals surface area (Å²) in [6.07, 6.45) is 0.622. The molecule has 1 aliphatic heterocycles. The maximum Gasteiger partial charge on any atom is 0.338 e. The Morgan fingerprint density at radius 2 is 1.44 bits per heavy atom. The average Bonchev–Trinajstić information content (AvgIpc) is 2.88. The molecule has 212 valence electrons. The minimum atomic E-state index is -0.990. The molecule has 0 saturated heterocycles. The Kier molecular flexibility index (Phi) is 12.1. The predicted octanol–water partition coefficient (Wildman–Crippen LogP) is -5.30. The molecule has 6 amide bonds. The predicted molar refractivity (Wildman–Crippen MR) is 145 cm³/mol. The molecule has 0 saturated carbocycles. The largest absolute Gasteiger partial charge is 0.346 e. The Bertz CT molecular complexity index is 1140. The van der Waals surface area contributed by atoms with E-state index in [4.69, 9.17) is 11.5 Å². The van der Waals surface area contributed by atoms with E-state index in [1.54, 1.807) is 12.1 Å². The maximum absolute atomic E-state index is 13.1. The number of amides is 6. The molecule has 1 atom stereocenters. The normalized spacial score (nSPS) is 18.1. The molecular formula is C23H35N9O6P+. The fourth-order valence-electron chi connectivity index (χ4n) is 3.45. The van der Waals surface area contributed by atoms with Crippen LogP contribution in [0.1, 0.15) is 23.2 Å². The average molecular weight is 565 g/mol. The van der Waals surface area contributed by atoms with E-state index in [1.165, 1.54) is 6.07 Å². The van der Waals surface area contributed by atoms with Crippen LogP contribution in [0.2, 0.25) is 0 Å². The van der Waals surface area contributed by atoms with Crippen molar-refractivity contribution in [3.8, 4) is 0 Å². The van der Waals surface area contributed by atoms with Crippen LogP contribution in [-0.4, -0.2) is 93.5 Å². The molecule has 1 aromatic rings. The van der Waals surface area contributed by atoms with Crippen LogP contribution in [0.3, 0.4) is 0 Å². The summed E-state index contributed by atoms with van der Waals surface area (Å²) in [5, 5.41) is 15.6. The lowest BCUT2D eigenvalue weighted by molar-refractivity contribution is -0.459. The summed E-state index contributed by atoms with van der Waals surface area (Å²) in [4.78, 5) is 77.3. The molecule has 0 unspecified atom stereocenters. The van der Waals surface area contributed by atoms with Gasteiger partial charge in [-0.2, -0.15) is 0 Å². The van der Waals surface area contributed by atoms with E-state index in [9.17, 15) is 28.8 Å². The molecular weight excluding hydrogens is 529 g/mol. The molecule has 39 heavy (non-hydrogen) atoms. The Balaban J connectivity index is 2.32. The number of benzene rings is 1. The third-order valence-corrected chi connectivity index (χ3v) is 6.74. The van der Waals surface area contributed by atoms with Gasteiger partial charge in [-0.25, -0.2) is 0 Å². The smallest absolute Gasteiger partial charge is 0.338 e. The summed E-state index contributed by atoms with van der Waals surface area (Å²) in [5.41, 5.74) is 11.4. The van der Waals surface area contributed by atoms with Gasteiger partial charge in [0.1, 0.15) is 6.04 Å². The monoisotopic (exact) mass is 564 g/mol. The van der Waals surface area contributed by atoms with Crippen LogP contribution in [0.5, 0.6) is 0 Å². The quantitative estimate of drug-likeness (QED) is 0.0722. The number of anilines is 1. The van der Waals surface area contributed by atoms with E-state index in [0.29, 0.717) is 18.7 Å². The van der Waals surface area contributed by atoms with Gasteiger partial charge in [0.05, 0.1) is 32.7 Å². The number of carbonyl (C=O) groups is 6. The highest BCUT2D eigenvalue weighted by atomic mass is 31.1. The van der Waals surface area contributed by atoms with Gasteiger partial charge in [0.2, 0.25) is 29.5 Å². The second-order valence-electron chi connectivity index (χ2n) is 8.77. The molecule has 0 fully saturated rings. The number of fused-ring (bicyclic) bond motifs is 2. The van der Waals surface area contributed by atoms with Crippen LogP contribution in [-0.2, 0) is 24.0 Å². The first kappa shape index (κ1) is 31.0. The number of hydrogen-bond donors (Lipinski definition) is 9. The topological polar surface area (TPSA) is 241 Å². The molecule has 11 N–H and O–H groups in total. The molecule has 1 aliphatic rings. The van der Waals surface area contributed by atoms with Gasteiger partial charge in [0, 0.05) is 11.3 Å². The van der Waals surface area contributed by atoms with Crippen LogP contribution in [0, 0.1) is 0 Å². The van der Waals surface area contributed by atoms with Gasteiger partial charge >= 0.3 is 5.96 Å². The highest BCUT2D eigenvalue weighted by Gasteiger charge is 2.23. The molecule has 16 heteroatoms. The number of carbonyl (C=O) groups excluding carboxylic acids is 6. The Labute approximate surface area is 226 Å². The number of nitrogens with two attached hydrogens (primary N) is 2. The van der Waals surface area contributed by atoms with Crippen molar-refractivity contribution in [2.45, 2.75) is 18.9 Å². The van der Waals surface area contributed by atoms with Crippen molar-refractivity contribution in [2.75, 3.05) is 51.4 Å². The minimum absolute atomic E-state index is 0.0182. The van der Waals surface area contributed by atoms with Crippen molar-refractivity contribution >= 4 is 60.3 Å². The third kappa shape index (κ3) is 10.9. The molecule has 2 bridgehead atoms. The molecule has 15 nitrogen and oxygen atoms in total. The summed E-state index contributed by atoms with van der Waals surface area (Å²) in [6.45, 7) is 2.60. The van der Waals surface area contributed by atoms with Gasteiger partial charge in [-0.05, 0) is 43.6 Å². The molecule has 2 rings (SSSR count). The van der Waals surface area contributed by atoms with Gasteiger partial charge in [-0.15, -0.1) is 0 Å². The lowest BCUT2D eigenvalue weighted by atomic mass is 10.1. The fraction of sp³-hybridized carbons (Fsp3) is 0.435. The lowest BCUT2D eigenvalue weighted by Crippen LogP contribution is -2.78. The summed E-state index contributed by atoms with van der Waals surface area (Å²) >= 11 is 0. The lowest BCUT2D eigenvalue weighted by Gasteiger charge is -2.20. The van der Waals surface area contributed by atoms with E-state index in [1.807, 2.05) is 13.3 Å². The van der Waals surface area contributed by atoms with Crippen molar-refractivity contribution < 1.29 is 33.8 Å². The van der Waals surface area contributed by atoms with Crippen molar-refractivity contribution in [3.05, 3.63) is 23.8 Å². The van der Waals surface area contributed by atoms with E-state index in [0.717, 1.165) is 5.30 Å². The third-order valence-electron chi connectivity index (χ3n) is 5.39. The van der Waals surface area contributed by atoms with Gasteiger partial charge in [-0.3, -0.25) is 45.2 Å². The number of rotatable bonds is 5. The van der Waals surface area contributed by atoms with E-state index < -0.39 is 69.0 Å². The first-order valence-electron chi connectivity index (χ1n) is 12.1. The molecule has 1 heterocycles. The summed E-state index contributed by atoms with van der Waals surface area (Å²) in [7, 11) is -0.714. The van der Waals surface area contributed by atoms with Crippen LogP contribution >= 0.6 is 7.92 Å². The standard InChI is InChI=1S/C23H34N9O6P/c1-39(2)16-6-5-13-8-14(16)21(37)30-11-19(35)28-9-17(33)27-10-18(34)29-12-20(36)32-15(22(38)31-13)4-3-7-26-23(24)25/h5-6,8,15H,3-4,7,9-12H2,1-2H3,(H,27,33)(H,28,35)(H,29,34)(H,30,37)(H,31,38)(H,32,36)(H4,24,25,26)/p+1/t15-/m0/s1. The van der Waals surface area contributed by atoms with Gasteiger partial charge in [-0.1, -0.05) is 14.0 Å². The van der Waals surface area contributed by atoms with Crippen molar-refractivity contribution in [1.29, 1.82) is 0 Å². The SMILES string of the molecule is CP(C)c1ccc2cc1C(=O)NCC(=O)NCC(=O)NCC(=O)NCC(=O)N[C@@H](CCC[NH+]=C(N)N)C(=O)N2. The summed E-state index contributed by atoms with van der Waals surface area (Å²) < 4.78 is 0. The zero-order valence-electron chi connectivity index (χ0n) is 21.8. The Morgan fingerprint density at radius 1 is 0.872 bits per heavy atom. The number of hydrogen-bond acceptors (Lipinski definition) is 6. The first-order valence-corrected chi connectivity index (χ1v) is 14.3. The Hall–Kier alpha value is -4.26. The van der Waals surface area contributed by atoms with Gasteiger partial charge < -0.3 is 31.9 Å². The highest BCUT2D eigenvalue weighted by Crippen LogP contribution is 2.27. The maximum atomic E-state index is 13.1. The van der Waals surface area contributed by atoms with Crippen LogP contribution in [0.4, 0.5) is 5.69 Å². The first-order chi connectivity index (χ1) is 18.5. The van der Waals surface area contributed by atoms with Crippen LogP contribution in [0.15, 0.2) is 18.2 Å². The molecule has 1 aromatic carbocycles. The van der Waals surface area contributed by atoms with Crippen molar-refractivity contribution in [2.24, 2.45) is 11.5 Å². The van der Waals surface area contributed by atoms with E-state index in [2.05, 4.69) is 36.9 Å². The van der Waals surface area contributed by atoms with E-state index in [-0.39, 0.29) is 24.5 Å². The molecule has 0 aliphatic carbocycles. The van der Waals surface area contributed by atoms with Crippen molar-refractivity contribution in [3.63, 3.8) is 0 Å². The molecule has 0 radical (unpaired) electrons. The zero-order valence-corrected chi connectivity index (χ0v) is 22.7. The minimum Gasteiger partial charge on any atom is -0.346 e. The molecule has 0 spiro atoms.